The van der Waals surface area contributed by atoms with Crippen LogP contribution in [0.3, 0.4) is 0 Å². The Morgan fingerprint density at radius 3 is 3.04 bits per heavy atom. The van der Waals surface area contributed by atoms with Crippen molar-refractivity contribution < 1.29 is 14.6 Å². The number of ether oxygens (including phenoxy) is 1. The zero-order valence-corrected chi connectivity index (χ0v) is 14.1. The molecule has 130 valence electrons. The van der Waals surface area contributed by atoms with Crippen molar-refractivity contribution in [2.45, 2.75) is 12.8 Å². The lowest BCUT2D eigenvalue weighted by atomic mass is 10.0. The molecule has 1 aliphatic rings. The quantitative estimate of drug-likeness (QED) is 0.647. The van der Waals surface area contributed by atoms with Gasteiger partial charge in [0.2, 0.25) is 0 Å². The van der Waals surface area contributed by atoms with Gasteiger partial charge in [0.25, 0.3) is 5.91 Å². The lowest BCUT2D eigenvalue weighted by molar-refractivity contribution is -0.119. The van der Waals surface area contributed by atoms with E-state index in [-0.39, 0.29) is 18.2 Å². The van der Waals surface area contributed by atoms with Crippen molar-refractivity contribution in [3.8, 4) is 11.5 Å². The molecule has 0 fully saturated rings. The molecule has 2 N–H and O–H groups in total. The number of aromatic hydroxyl groups is 1. The number of hydrogen-bond donors (Lipinski definition) is 2. The molecule has 1 aliphatic heterocycles. The molecule has 2 aromatic rings. The van der Waals surface area contributed by atoms with Crippen LogP contribution in [-0.2, 0) is 11.2 Å². The summed E-state index contributed by atoms with van der Waals surface area (Å²) in [5.74, 6) is 0.256. The van der Waals surface area contributed by atoms with E-state index < -0.39 is 0 Å². The highest BCUT2D eigenvalue weighted by Crippen LogP contribution is 2.26. The predicted molar refractivity (Wildman–Crippen MR) is 97.4 cm³/mol. The van der Waals surface area contributed by atoms with Crippen molar-refractivity contribution in [1.29, 1.82) is 0 Å². The minimum atomic E-state index is -0.168. The fourth-order valence-corrected chi connectivity index (χ4v) is 2.94. The van der Waals surface area contributed by atoms with Gasteiger partial charge in [-0.25, -0.2) is 5.43 Å². The number of aryl methyl sites for hydroxylation is 1. The first-order valence-corrected chi connectivity index (χ1v) is 8.19. The minimum absolute atomic E-state index is 0.0625. The Hall–Kier alpha value is -3.02. The number of para-hydroxylation sites is 1. The van der Waals surface area contributed by atoms with Gasteiger partial charge in [-0.05, 0) is 48.2 Å². The molecule has 3 rings (SSSR count). The zero-order valence-electron chi connectivity index (χ0n) is 14.1. The highest BCUT2D eigenvalue weighted by atomic mass is 16.5. The number of anilines is 1. The highest BCUT2D eigenvalue weighted by molar-refractivity contribution is 5.85. The van der Waals surface area contributed by atoms with Crippen LogP contribution in [0.1, 0.15) is 17.5 Å². The molecule has 0 saturated carbocycles. The van der Waals surface area contributed by atoms with Gasteiger partial charge in [-0.2, -0.15) is 5.10 Å². The van der Waals surface area contributed by atoms with Gasteiger partial charge < -0.3 is 14.7 Å². The number of hydrogen-bond acceptors (Lipinski definition) is 5. The lowest BCUT2D eigenvalue weighted by Gasteiger charge is -2.30. The topological polar surface area (TPSA) is 74.2 Å². The SMILES string of the molecule is COc1cc(/C=N\NC(=O)CN2CCCc3ccccc32)ccc1O. The summed E-state index contributed by atoms with van der Waals surface area (Å²) in [4.78, 5) is 14.2. The Bertz CT molecular complexity index is 789. The Labute approximate surface area is 146 Å². The lowest BCUT2D eigenvalue weighted by Crippen LogP contribution is -2.38. The summed E-state index contributed by atoms with van der Waals surface area (Å²) in [6, 6.07) is 13.0. The molecule has 0 unspecified atom stereocenters. The first-order chi connectivity index (χ1) is 12.2. The third-order valence-corrected chi connectivity index (χ3v) is 4.15. The average molecular weight is 339 g/mol. The van der Waals surface area contributed by atoms with Crippen LogP contribution < -0.4 is 15.1 Å². The summed E-state index contributed by atoms with van der Waals surface area (Å²) < 4.78 is 5.04. The van der Waals surface area contributed by atoms with Crippen molar-refractivity contribution in [2.24, 2.45) is 5.10 Å². The Balaban J connectivity index is 1.59. The van der Waals surface area contributed by atoms with E-state index in [2.05, 4.69) is 21.5 Å². The number of methoxy groups -OCH3 is 1. The van der Waals surface area contributed by atoms with Crippen molar-refractivity contribution in [1.82, 2.24) is 5.43 Å². The molecule has 6 nitrogen and oxygen atoms in total. The highest BCUT2D eigenvalue weighted by Gasteiger charge is 2.18. The summed E-state index contributed by atoms with van der Waals surface area (Å²) in [7, 11) is 1.48. The summed E-state index contributed by atoms with van der Waals surface area (Å²) in [5, 5.41) is 13.5. The van der Waals surface area contributed by atoms with Gasteiger partial charge in [-0.1, -0.05) is 18.2 Å². The maximum absolute atomic E-state index is 12.2. The van der Waals surface area contributed by atoms with Crippen LogP contribution in [0.2, 0.25) is 0 Å². The second kappa shape index (κ2) is 7.70. The van der Waals surface area contributed by atoms with Gasteiger partial charge in [0, 0.05) is 12.2 Å². The van der Waals surface area contributed by atoms with E-state index in [9.17, 15) is 9.90 Å². The van der Waals surface area contributed by atoms with E-state index in [4.69, 9.17) is 4.74 Å². The van der Waals surface area contributed by atoms with E-state index in [0.29, 0.717) is 5.75 Å². The molecule has 0 aliphatic carbocycles. The van der Waals surface area contributed by atoms with Crippen LogP contribution in [0, 0.1) is 0 Å². The number of fused-ring (bicyclic) bond motifs is 1. The monoisotopic (exact) mass is 339 g/mol. The first kappa shape index (κ1) is 16.8. The molecule has 0 spiro atoms. The molecule has 25 heavy (non-hydrogen) atoms. The van der Waals surface area contributed by atoms with Gasteiger partial charge >= 0.3 is 0 Å². The number of phenolic OH excluding ortho intramolecular Hbond substituents is 1. The van der Waals surface area contributed by atoms with E-state index in [1.165, 1.54) is 25.0 Å². The Morgan fingerprint density at radius 1 is 1.36 bits per heavy atom. The molecule has 0 bridgehead atoms. The van der Waals surface area contributed by atoms with Gasteiger partial charge in [0.15, 0.2) is 11.5 Å². The van der Waals surface area contributed by atoms with Gasteiger partial charge in [-0.3, -0.25) is 4.79 Å². The number of benzene rings is 2. The molecule has 1 heterocycles. The van der Waals surface area contributed by atoms with E-state index >= 15 is 0 Å². The summed E-state index contributed by atoms with van der Waals surface area (Å²) in [6.07, 6.45) is 3.61. The molecule has 0 aromatic heterocycles. The average Bonchev–Trinajstić information content (AvgIpc) is 2.63. The zero-order chi connectivity index (χ0) is 17.6. The molecular weight excluding hydrogens is 318 g/mol. The predicted octanol–water partition coefficient (Wildman–Crippen LogP) is 2.30. The van der Waals surface area contributed by atoms with E-state index in [1.807, 2.05) is 18.2 Å². The maximum atomic E-state index is 12.2. The van der Waals surface area contributed by atoms with Crippen LogP contribution in [-0.4, -0.2) is 37.4 Å². The number of nitrogens with zero attached hydrogens (tertiary/aromatic N) is 2. The molecule has 1 amide bonds. The van der Waals surface area contributed by atoms with Crippen molar-refractivity contribution in [2.75, 3.05) is 25.1 Å². The van der Waals surface area contributed by atoms with Gasteiger partial charge in [-0.15, -0.1) is 0 Å². The fourth-order valence-electron chi connectivity index (χ4n) is 2.94. The largest absolute Gasteiger partial charge is 0.504 e. The third-order valence-electron chi connectivity index (χ3n) is 4.15. The molecule has 0 atom stereocenters. The van der Waals surface area contributed by atoms with Crippen molar-refractivity contribution >= 4 is 17.8 Å². The standard InChI is InChI=1S/C19H21N3O3/c1-25-18-11-14(8-9-17(18)23)12-20-21-19(24)13-22-10-4-6-15-5-2-3-7-16(15)22/h2-3,5,7-9,11-12,23H,4,6,10,13H2,1H3,(H,21,24)/b20-12-. The summed E-state index contributed by atoms with van der Waals surface area (Å²) in [6.45, 7) is 1.14. The maximum Gasteiger partial charge on any atom is 0.259 e. The van der Waals surface area contributed by atoms with E-state index in [1.54, 1.807) is 12.1 Å². The van der Waals surface area contributed by atoms with Gasteiger partial charge in [0.1, 0.15) is 0 Å². The van der Waals surface area contributed by atoms with Gasteiger partial charge in [0.05, 0.1) is 19.9 Å². The fraction of sp³-hybridized carbons (Fsp3) is 0.263. The Kier molecular flexibility index (Phi) is 5.18. The van der Waals surface area contributed by atoms with Crippen LogP contribution >= 0.6 is 0 Å². The second-order valence-electron chi connectivity index (χ2n) is 5.88. The number of hydrazone groups is 1. The number of carbonyl (C=O) groups excluding carboxylic acids is 1. The first-order valence-electron chi connectivity index (χ1n) is 8.19. The van der Waals surface area contributed by atoms with Crippen molar-refractivity contribution in [3.63, 3.8) is 0 Å². The van der Waals surface area contributed by atoms with Crippen LogP contribution in [0.4, 0.5) is 5.69 Å². The van der Waals surface area contributed by atoms with Crippen LogP contribution in [0.25, 0.3) is 0 Å². The van der Waals surface area contributed by atoms with Crippen LogP contribution in [0.5, 0.6) is 11.5 Å². The van der Waals surface area contributed by atoms with Crippen molar-refractivity contribution in [3.05, 3.63) is 53.6 Å². The van der Waals surface area contributed by atoms with E-state index in [0.717, 1.165) is 30.6 Å². The number of carbonyl (C=O) groups is 1. The molecular formula is C19H21N3O3. The molecule has 0 radical (unpaired) electrons. The molecule has 0 saturated heterocycles. The number of amides is 1. The molecule has 2 aromatic carbocycles. The summed E-state index contributed by atoms with van der Waals surface area (Å²) >= 11 is 0. The minimum Gasteiger partial charge on any atom is -0.504 e. The number of nitrogens with one attached hydrogen (secondary N) is 1. The second-order valence-corrected chi connectivity index (χ2v) is 5.88. The Morgan fingerprint density at radius 2 is 2.20 bits per heavy atom. The third kappa shape index (κ3) is 4.09. The number of phenols is 1. The van der Waals surface area contributed by atoms with Crippen LogP contribution in [0.15, 0.2) is 47.6 Å². The molecule has 6 heteroatoms. The number of rotatable bonds is 5. The smallest absolute Gasteiger partial charge is 0.259 e. The summed E-state index contributed by atoms with van der Waals surface area (Å²) in [5.41, 5.74) is 5.67. The normalized spacial score (nSPS) is 13.6.